The monoisotopic (exact) mass is 246 g/mol. The topological polar surface area (TPSA) is 66.9 Å². The molecule has 0 saturated carbocycles. The molecule has 1 heterocycles. The first-order chi connectivity index (χ1) is 8.75. The maximum atomic E-state index is 13.3. The first kappa shape index (κ1) is 12.0. The predicted molar refractivity (Wildman–Crippen MR) is 64.3 cm³/mol. The highest BCUT2D eigenvalue weighted by molar-refractivity contribution is 5.87. The number of carbonyl (C=O) groups excluding carboxylic acids is 1. The first-order valence-corrected chi connectivity index (χ1v) is 5.30. The standard InChI is InChI=1S/C12H11FN4O/c13-10-4-2-1-3-9(10)7-16-12(18)17-11-8-14-5-6-15-11/h1-6,8H,7H2,(H2,15,16,17,18). The summed E-state index contributed by atoms with van der Waals surface area (Å²) >= 11 is 0. The minimum Gasteiger partial charge on any atom is -0.334 e. The van der Waals surface area contributed by atoms with Crippen molar-refractivity contribution in [3.63, 3.8) is 0 Å². The van der Waals surface area contributed by atoms with Gasteiger partial charge in [-0.15, -0.1) is 0 Å². The number of aromatic nitrogens is 2. The number of hydrogen-bond acceptors (Lipinski definition) is 3. The van der Waals surface area contributed by atoms with E-state index in [4.69, 9.17) is 0 Å². The Bertz CT molecular complexity index is 533. The number of hydrogen-bond donors (Lipinski definition) is 2. The number of nitrogens with zero attached hydrogens (tertiary/aromatic N) is 2. The number of urea groups is 1. The van der Waals surface area contributed by atoms with Crippen molar-refractivity contribution < 1.29 is 9.18 Å². The van der Waals surface area contributed by atoms with E-state index in [1.54, 1.807) is 18.2 Å². The van der Waals surface area contributed by atoms with Crippen LogP contribution < -0.4 is 10.6 Å². The smallest absolute Gasteiger partial charge is 0.320 e. The molecule has 0 bridgehead atoms. The number of anilines is 1. The molecule has 2 amide bonds. The molecule has 92 valence electrons. The Morgan fingerprint density at radius 2 is 2.11 bits per heavy atom. The summed E-state index contributed by atoms with van der Waals surface area (Å²) in [6.07, 6.45) is 4.39. The van der Waals surface area contributed by atoms with Gasteiger partial charge in [0.2, 0.25) is 0 Å². The lowest BCUT2D eigenvalue weighted by Gasteiger charge is -2.07. The van der Waals surface area contributed by atoms with Crippen molar-refractivity contribution in [3.05, 3.63) is 54.2 Å². The quantitative estimate of drug-likeness (QED) is 0.869. The molecule has 0 aliphatic rings. The zero-order valence-corrected chi connectivity index (χ0v) is 9.43. The van der Waals surface area contributed by atoms with Crippen LogP contribution in [0.15, 0.2) is 42.9 Å². The Labute approximate surface area is 103 Å². The van der Waals surface area contributed by atoms with Gasteiger partial charge in [-0.2, -0.15) is 0 Å². The van der Waals surface area contributed by atoms with E-state index in [0.717, 1.165) is 0 Å². The van der Waals surface area contributed by atoms with Gasteiger partial charge in [-0.1, -0.05) is 18.2 Å². The van der Waals surface area contributed by atoms with Crippen molar-refractivity contribution in [2.45, 2.75) is 6.54 Å². The Kier molecular flexibility index (Phi) is 3.80. The zero-order chi connectivity index (χ0) is 12.8. The van der Waals surface area contributed by atoms with Crippen molar-refractivity contribution in [2.24, 2.45) is 0 Å². The van der Waals surface area contributed by atoms with Crippen LogP contribution >= 0.6 is 0 Å². The lowest BCUT2D eigenvalue weighted by atomic mass is 10.2. The van der Waals surface area contributed by atoms with Gasteiger partial charge in [-0.25, -0.2) is 14.2 Å². The van der Waals surface area contributed by atoms with Crippen LogP contribution in [0.1, 0.15) is 5.56 Å². The first-order valence-electron chi connectivity index (χ1n) is 5.30. The number of carbonyl (C=O) groups is 1. The average Bonchev–Trinajstić information content (AvgIpc) is 2.39. The van der Waals surface area contributed by atoms with Crippen LogP contribution in [0.5, 0.6) is 0 Å². The highest BCUT2D eigenvalue weighted by Crippen LogP contribution is 2.05. The van der Waals surface area contributed by atoms with E-state index in [0.29, 0.717) is 11.4 Å². The fourth-order valence-electron chi connectivity index (χ4n) is 1.34. The van der Waals surface area contributed by atoms with Crippen LogP contribution in [0, 0.1) is 5.82 Å². The Morgan fingerprint density at radius 1 is 1.28 bits per heavy atom. The maximum Gasteiger partial charge on any atom is 0.320 e. The third-order valence-electron chi connectivity index (χ3n) is 2.20. The zero-order valence-electron chi connectivity index (χ0n) is 9.43. The summed E-state index contributed by atoms with van der Waals surface area (Å²) in [5, 5.41) is 5.02. The molecule has 5 nitrogen and oxygen atoms in total. The van der Waals surface area contributed by atoms with Crippen molar-refractivity contribution in [2.75, 3.05) is 5.32 Å². The second-order valence-corrected chi connectivity index (χ2v) is 3.49. The van der Waals surface area contributed by atoms with Gasteiger partial charge in [0.15, 0.2) is 5.82 Å². The molecule has 2 rings (SSSR count). The minimum atomic E-state index is -0.459. The SMILES string of the molecule is O=C(NCc1ccccc1F)Nc1cnccn1. The second-order valence-electron chi connectivity index (χ2n) is 3.49. The molecule has 0 radical (unpaired) electrons. The molecule has 0 unspecified atom stereocenters. The molecule has 0 aliphatic carbocycles. The highest BCUT2D eigenvalue weighted by atomic mass is 19.1. The molecular formula is C12H11FN4O. The molecule has 0 saturated heterocycles. The predicted octanol–water partition coefficient (Wildman–Crippen LogP) is 1.94. The van der Waals surface area contributed by atoms with Crippen LogP contribution in [0.4, 0.5) is 15.0 Å². The van der Waals surface area contributed by atoms with E-state index in [2.05, 4.69) is 20.6 Å². The van der Waals surface area contributed by atoms with Gasteiger partial charge in [-0.3, -0.25) is 10.3 Å². The molecule has 18 heavy (non-hydrogen) atoms. The van der Waals surface area contributed by atoms with Crippen molar-refractivity contribution >= 4 is 11.8 Å². The van der Waals surface area contributed by atoms with Gasteiger partial charge >= 0.3 is 6.03 Å². The van der Waals surface area contributed by atoms with Crippen molar-refractivity contribution in [3.8, 4) is 0 Å². The van der Waals surface area contributed by atoms with Crippen LogP contribution in [-0.4, -0.2) is 16.0 Å². The summed E-state index contributed by atoms with van der Waals surface area (Å²) in [4.78, 5) is 19.2. The Hall–Kier alpha value is -2.50. The van der Waals surface area contributed by atoms with Crippen LogP contribution in [0.2, 0.25) is 0 Å². The highest BCUT2D eigenvalue weighted by Gasteiger charge is 2.04. The van der Waals surface area contributed by atoms with Crippen LogP contribution in [0.3, 0.4) is 0 Å². The lowest BCUT2D eigenvalue weighted by Crippen LogP contribution is -2.28. The molecule has 6 heteroatoms. The molecule has 0 spiro atoms. The molecule has 0 fully saturated rings. The minimum absolute atomic E-state index is 0.110. The van der Waals surface area contributed by atoms with Gasteiger partial charge in [-0.05, 0) is 6.07 Å². The summed E-state index contributed by atoms with van der Waals surface area (Å²) in [6, 6.07) is 5.80. The third kappa shape index (κ3) is 3.24. The fourth-order valence-corrected chi connectivity index (χ4v) is 1.34. The fraction of sp³-hybridized carbons (Fsp3) is 0.0833. The maximum absolute atomic E-state index is 13.3. The van der Waals surface area contributed by atoms with Crippen LogP contribution in [0.25, 0.3) is 0 Å². The van der Waals surface area contributed by atoms with Crippen molar-refractivity contribution in [1.29, 1.82) is 0 Å². The normalized spacial score (nSPS) is 9.83. The summed E-state index contributed by atoms with van der Waals surface area (Å²) in [7, 11) is 0. The molecule has 1 aromatic carbocycles. The average molecular weight is 246 g/mol. The number of rotatable bonds is 3. The molecule has 2 N–H and O–H groups in total. The Balaban J connectivity index is 1.88. The summed E-state index contributed by atoms with van der Waals surface area (Å²) in [5.74, 6) is -0.0131. The third-order valence-corrected chi connectivity index (χ3v) is 2.20. The summed E-state index contributed by atoms with van der Waals surface area (Å²) < 4.78 is 13.3. The number of halogens is 1. The van der Waals surface area contributed by atoms with Gasteiger partial charge in [0, 0.05) is 24.5 Å². The van der Waals surface area contributed by atoms with Gasteiger partial charge in [0.1, 0.15) is 5.82 Å². The van der Waals surface area contributed by atoms with Gasteiger partial charge in [0.25, 0.3) is 0 Å². The molecule has 2 aromatic rings. The van der Waals surface area contributed by atoms with Gasteiger partial charge < -0.3 is 5.32 Å². The number of benzene rings is 1. The summed E-state index contributed by atoms with van der Waals surface area (Å²) in [6.45, 7) is 0.110. The van der Waals surface area contributed by atoms with E-state index in [-0.39, 0.29) is 12.4 Å². The second kappa shape index (κ2) is 5.72. The Morgan fingerprint density at radius 3 is 2.83 bits per heavy atom. The van der Waals surface area contributed by atoms with E-state index in [1.807, 2.05) is 0 Å². The molecule has 0 aliphatic heterocycles. The van der Waals surface area contributed by atoms with E-state index >= 15 is 0 Å². The van der Waals surface area contributed by atoms with Crippen LogP contribution in [-0.2, 0) is 6.54 Å². The van der Waals surface area contributed by atoms with Crippen molar-refractivity contribution in [1.82, 2.24) is 15.3 Å². The number of nitrogens with one attached hydrogen (secondary N) is 2. The van der Waals surface area contributed by atoms with Gasteiger partial charge in [0.05, 0.1) is 6.20 Å². The molecule has 1 aromatic heterocycles. The number of amides is 2. The van der Waals surface area contributed by atoms with E-state index in [1.165, 1.54) is 24.7 Å². The largest absolute Gasteiger partial charge is 0.334 e. The summed E-state index contributed by atoms with van der Waals surface area (Å²) in [5.41, 5.74) is 0.423. The lowest BCUT2D eigenvalue weighted by molar-refractivity contribution is 0.251. The molecule has 0 atom stereocenters. The van der Waals surface area contributed by atoms with E-state index < -0.39 is 6.03 Å². The van der Waals surface area contributed by atoms with E-state index in [9.17, 15) is 9.18 Å². The molecular weight excluding hydrogens is 235 g/mol.